The number of carbonyl (C=O) groups is 1. The first-order valence-electron chi connectivity index (χ1n) is 5.62. The van der Waals surface area contributed by atoms with Crippen LogP contribution in [0, 0.1) is 5.82 Å². The van der Waals surface area contributed by atoms with Gasteiger partial charge in [0.2, 0.25) is 11.9 Å². The van der Waals surface area contributed by atoms with Crippen LogP contribution in [0.15, 0.2) is 12.4 Å². The van der Waals surface area contributed by atoms with Gasteiger partial charge < -0.3 is 10.6 Å². The second-order valence-corrected chi connectivity index (χ2v) is 3.78. The molecule has 17 heavy (non-hydrogen) atoms. The maximum atomic E-state index is 12.5. The molecule has 1 unspecified atom stereocenters. The lowest BCUT2D eigenvalue weighted by Crippen LogP contribution is -2.33. The number of hydrogen-bond acceptors (Lipinski definition) is 4. The van der Waals surface area contributed by atoms with Gasteiger partial charge in [0.15, 0.2) is 5.82 Å². The van der Waals surface area contributed by atoms with Crippen molar-refractivity contribution in [1.82, 2.24) is 15.3 Å². The average Bonchev–Trinajstić information content (AvgIpc) is 2.31. The van der Waals surface area contributed by atoms with E-state index in [1.54, 1.807) is 0 Å². The number of halogens is 1. The molecule has 0 spiro atoms. The zero-order valence-corrected chi connectivity index (χ0v) is 10.0. The van der Waals surface area contributed by atoms with Crippen LogP contribution in [0.4, 0.5) is 10.3 Å². The van der Waals surface area contributed by atoms with Crippen LogP contribution in [0.2, 0.25) is 0 Å². The Hall–Kier alpha value is -1.72. The summed E-state index contributed by atoms with van der Waals surface area (Å²) in [5, 5.41) is 5.69. The van der Waals surface area contributed by atoms with E-state index in [-0.39, 0.29) is 11.9 Å². The van der Waals surface area contributed by atoms with Gasteiger partial charge in [0.05, 0.1) is 12.4 Å². The zero-order chi connectivity index (χ0) is 12.7. The summed E-state index contributed by atoms with van der Waals surface area (Å²) in [7, 11) is 0. The highest BCUT2D eigenvalue weighted by Gasteiger charge is 2.05. The van der Waals surface area contributed by atoms with Gasteiger partial charge in [-0.05, 0) is 13.3 Å². The summed E-state index contributed by atoms with van der Waals surface area (Å²) in [6.07, 6.45) is 3.40. The molecule has 1 aromatic heterocycles. The second kappa shape index (κ2) is 6.78. The van der Waals surface area contributed by atoms with Crippen LogP contribution in [0.5, 0.6) is 0 Å². The molecule has 0 radical (unpaired) electrons. The molecule has 0 saturated heterocycles. The topological polar surface area (TPSA) is 66.9 Å². The van der Waals surface area contributed by atoms with Crippen molar-refractivity contribution in [1.29, 1.82) is 0 Å². The first kappa shape index (κ1) is 13.3. The summed E-state index contributed by atoms with van der Waals surface area (Å²) in [5.74, 6) is -0.179. The first-order valence-corrected chi connectivity index (χ1v) is 5.62. The van der Waals surface area contributed by atoms with Gasteiger partial charge in [-0.2, -0.15) is 0 Å². The van der Waals surface area contributed by atoms with Crippen LogP contribution in [0.25, 0.3) is 0 Å². The van der Waals surface area contributed by atoms with Crippen molar-refractivity contribution in [3.8, 4) is 0 Å². The van der Waals surface area contributed by atoms with E-state index in [1.807, 2.05) is 13.8 Å². The number of nitrogens with one attached hydrogen (secondary N) is 2. The Labute approximate surface area is 99.9 Å². The summed E-state index contributed by atoms with van der Waals surface area (Å²) in [5.41, 5.74) is 0. The van der Waals surface area contributed by atoms with Crippen LogP contribution in [0.1, 0.15) is 26.7 Å². The zero-order valence-electron chi connectivity index (χ0n) is 10.0. The molecule has 0 saturated carbocycles. The van der Waals surface area contributed by atoms with Crippen LogP contribution < -0.4 is 10.6 Å². The Morgan fingerprint density at radius 2 is 2.12 bits per heavy atom. The molecule has 6 heteroatoms. The highest BCUT2D eigenvalue weighted by Crippen LogP contribution is 1.98. The fourth-order valence-corrected chi connectivity index (χ4v) is 1.14. The quantitative estimate of drug-likeness (QED) is 0.787. The molecule has 0 aromatic carbocycles. The largest absolute Gasteiger partial charge is 0.354 e. The van der Waals surface area contributed by atoms with Gasteiger partial charge in [-0.3, -0.25) is 4.79 Å². The van der Waals surface area contributed by atoms with Crippen molar-refractivity contribution in [2.45, 2.75) is 32.7 Å². The Morgan fingerprint density at radius 3 is 2.71 bits per heavy atom. The molecule has 1 rings (SSSR count). The lowest BCUT2D eigenvalue weighted by atomic mass is 10.2. The number of rotatable bonds is 6. The third-order valence-corrected chi connectivity index (χ3v) is 2.28. The number of hydrogen-bond donors (Lipinski definition) is 2. The van der Waals surface area contributed by atoms with Crippen molar-refractivity contribution in [2.75, 3.05) is 11.9 Å². The average molecular weight is 240 g/mol. The third kappa shape index (κ3) is 5.24. The normalized spacial score (nSPS) is 11.9. The first-order chi connectivity index (χ1) is 8.11. The Bertz CT molecular complexity index is 355. The minimum absolute atomic E-state index is 0.0195. The standard InChI is InChI=1S/C11H17FN4O/c1-3-8(2)16-10(17)4-5-13-11-14-6-9(12)7-15-11/h6-8H,3-5H2,1-2H3,(H,16,17)(H,13,14,15). The fourth-order valence-electron chi connectivity index (χ4n) is 1.14. The highest BCUT2D eigenvalue weighted by molar-refractivity contribution is 5.76. The number of aromatic nitrogens is 2. The van der Waals surface area contributed by atoms with E-state index >= 15 is 0 Å². The maximum Gasteiger partial charge on any atom is 0.222 e. The monoisotopic (exact) mass is 240 g/mol. The smallest absolute Gasteiger partial charge is 0.222 e. The van der Waals surface area contributed by atoms with Crippen LogP contribution >= 0.6 is 0 Å². The molecule has 5 nitrogen and oxygen atoms in total. The van der Waals surface area contributed by atoms with Crippen molar-refractivity contribution in [3.05, 3.63) is 18.2 Å². The van der Waals surface area contributed by atoms with Gasteiger partial charge in [0.25, 0.3) is 0 Å². The summed E-state index contributed by atoms with van der Waals surface area (Å²) in [6.45, 7) is 4.39. The van der Waals surface area contributed by atoms with Crippen LogP contribution in [0.3, 0.4) is 0 Å². The molecule has 1 amide bonds. The van der Waals surface area contributed by atoms with Crippen LogP contribution in [-0.4, -0.2) is 28.5 Å². The SMILES string of the molecule is CCC(C)NC(=O)CCNc1ncc(F)cn1. The van der Waals surface area contributed by atoms with Gasteiger partial charge in [-0.1, -0.05) is 6.92 Å². The lowest BCUT2D eigenvalue weighted by molar-refractivity contribution is -0.121. The third-order valence-electron chi connectivity index (χ3n) is 2.28. The maximum absolute atomic E-state index is 12.5. The molecule has 0 aliphatic rings. The summed E-state index contributed by atoms with van der Waals surface area (Å²) < 4.78 is 12.5. The van der Waals surface area contributed by atoms with Gasteiger partial charge in [-0.15, -0.1) is 0 Å². The second-order valence-electron chi connectivity index (χ2n) is 3.78. The van der Waals surface area contributed by atoms with E-state index in [4.69, 9.17) is 0 Å². The van der Waals surface area contributed by atoms with Gasteiger partial charge in [-0.25, -0.2) is 14.4 Å². The Balaban J connectivity index is 2.23. The molecule has 1 heterocycles. The molecule has 0 bridgehead atoms. The van der Waals surface area contributed by atoms with Crippen molar-refractivity contribution in [2.24, 2.45) is 0 Å². The summed E-state index contributed by atoms with van der Waals surface area (Å²) in [6, 6.07) is 0.185. The predicted octanol–water partition coefficient (Wildman–Crippen LogP) is 1.33. The number of amides is 1. The fraction of sp³-hybridized carbons (Fsp3) is 0.545. The number of nitrogens with zero attached hydrogens (tertiary/aromatic N) is 2. The summed E-state index contributed by atoms with van der Waals surface area (Å²) >= 11 is 0. The number of carbonyl (C=O) groups excluding carboxylic acids is 1. The van der Waals surface area contributed by atoms with Gasteiger partial charge in [0.1, 0.15) is 0 Å². The van der Waals surface area contributed by atoms with Crippen molar-refractivity contribution >= 4 is 11.9 Å². The highest BCUT2D eigenvalue weighted by atomic mass is 19.1. The lowest BCUT2D eigenvalue weighted by Gasteiger charge is -2.11. The van der Waals surface area contributed by atoms with Crippen molar-refractivity contribution < 1.29 is 9.18 Å². The molecule has 1 aromatic rings. The van der Waals surface area contributed by atoms with E-state index in [0.29, 0.717) is 18.9 Å². The van der Waals surface area contributed by atoms with Gasteiger partial charge >= 0.3 is 0 Å². The minimum Gasteiger partial charge on any atom is -0.354 e. The van der Waals surface area contributed by atoms with Crippen molar-refractivity contribution in [3.63, 3.8) is 0 Å². The predicted molar refractivity (Wildman–Crippen MR) is 63.0 cm³/mol. The van der Waals surface area contributed by atoms with E-state index in [1.165, 1.54) is 0 Å². The molecule has 2 N–H and O–H groups in total. The van der Waals surface area contributed by atoms with E-state index in [2.05, 4.69) is 20.6 Å². The molecule has 0 aliphatic carbocycles. The molecular weight excluding hydrogens is 223 g/mol. The van der Waals surface area contributed by atoms with E-state index in [9.17, 15) is 9.18 Å². The number of anilines is 1. The Kier molecular flexibility index (Phi) is 5.32. The Morgan fingerprint density at radius 1 is 1.47 bits per heavy atom. The molecule has 94 valence electrons. The molecular formula is C11H17FN4O. The van der Waals surface area contributed by atoms with E-state index in [0.717, 1.165) is 18.8 Å². The molecule has 1 atom stereocenters. The molecule has 0 aliphatic heterocycles. The van der Waals surface area contributed by atoms with Gasteiger partial charge in [0, 0.05) is 19.0 Å². The minimum atomic E-state index is -0.481. The summed E-state index contributed by atoms with van der Waals surface area (Å²) in [4.78, 5) is 18.9. The molecule has 0 fully saturated rings. The van der Waals surface area contributed by atoms with E-state index < -0.39 is 5.82 Å². The van der Waals surface area contributed by atoms with Crippen LogP contribution in [-0.2, 0) is 4.79 Å².